The van der Waals surface area contributed by atoms with E-state index in [4.69, 9.17) is 4.74 Å². The van der Waals surface area contributed by atoms with E-state index in [1.54, 1.807) is 0 Å². The Morgan fingerprint density at radius 2 is 2.23 bits per heavy atom. The summed E-state index contributed by atoms with van der Waals surface area (Å²) < 4.78 is 29.3. The van der Waals surface area contributed by atoms with Gasteiger partial charge < -0.3 is 10.1 Å². The lowest BCUT2D eigenvalue weighted by atomic mass is 9.94. The van der Waals surface area contributed by atoms with Crippen LogP contribution in [0.25, 0.3) is 0 Å². The zero-order chi connectivity index (χ0) is 9.90. The minimum atomic E-state index is -2.26. The Balaban J connectivity index is 2.26. The molecule has 1 fully saturated rings. The molecule has 1 heterocycles. The van der Waals surface area contributed by atoms with Crippen molar-refractivity contribution in [3.05, 3.63) is 0 Å². The Morgan fingerprint density at radius 1 is 1.54 bits per heavy atom. The number of nitrogens with one attached hydrogen (secondary N) is 1. The summed E-state index contributed by atoms with van der Waals surface area (Å²) in [5.41, 5.74) is -0.169. The lowest BCUT2D eigenvalue weighted by Crippen LogP contribution is -2.44. The summed E-state index contributed by atoms with van der Waals surface area (Å²) in [6.45, 7) is 4.43. The molecule has 1 atom stereocenters. The van der Waals surface area contributed by atoms with Crippen LogP contribution in [0.5, 0.6) is 0 Å². The summed E-state index contributed by atoms with van der Waals surface area (Å²) in [5, 5.41) is 2.85. The molecule has 1 unspecified atom stereocenters. The molecule has 4 heteroatoms. The zero-order valence-corrected chi connectivity index (χ0v) is 8.15. The first-order chi connectivity index (χ1) is 5.99. The molecule has 1 saturated heterocycles. The third kappa shape index (κ3) is 4.00. The van der Waals surface area contributed by atoms with Crippen LogP contribution >= 0.6 is 0 Å². The van der Waals surface area contributed by atoms with E-state index in [0.29, 0.717) is 6.61 Å². The summed E-state index contributed by atoms with van der Waals surface area (Å²) >= 11 is 0. The predicted molar refractivity (Wildman–Crippen MR) is 47.1 cm³/mol. The summed E-state index contributed by atoms with van der Waals surface area (Å²) in [6, 6.07) is 0.178. The second kappa shape index (κ2) is 4.33. The Bertz CT molecular complexity index is 162. The molecule has 1 aliphatic heterocycles. The fraction of sp³-hybridized carbons (Fsp3) is 1.00. The lowest BCUT2D eigenvalue weighted by Gasteiger charge is -2.35. The van der Waals surface area contributed by atoms with Crippen molar-refractivity contribution in [3.63, 3.8) is 0 Å². The Hall–Kier alpha value is -0.220. The van der Waals surface area contributed by atoms with Crippen molar-refractivity contribution in [1.29, 1.82) is 0 Å². The van der Waals surface area contributed by atoms with Gasteiger partial charge in [0.05, 0.1) is 12.1 Å². The average molecular weight is 193 g/mol. The number of alkyl halides is 2. The van der Waals surface area contributed by atoms with Crippen LogP contribution in [0.1, 0.15) is 26.7 Å². The molecule has 0 radical (unpaired) electrons. The van der Waals surface area contributed by atoms with Gasteiger partial charge in [-0.15, -0.1) is 0 Å². The number of hydrogen-bond donors (Lipinski definition) is 1. The number of rotatable bonds is 3. The second-order valence-corrected chi connectivity index (χ2v) is 4.10. The summed E-state index contributed by atoms with van der Waals surface area (Å²) in [7, 11) is 0. The van der Waals surface area contributed by atoms with E-state index in [2.05, 4.69) is 5.32 Å². The van der Waals surface area contributed by atoms with Gasteiger partial charge >= 0.3 is 0 Å². The molecular formula is C9H17F2NO. The lowest BCUT2D eigenvalue weighted by molar-refractivity contribution is -0.0642. The van der Waals surface area contributed by atoms with Crippen molar-refractivity contribution >= 4 is 0 Å². The number of hydrogen-bond acceptors (Lipinski definition) is 2. The maximum absolute atomic E-state index is 11.9. The highest BCUT2D eigenvalue weighted by atomic mass is 19.3. The normalized spacial score (nSPS) is 27.9. The monoisotopic (exact) mass is 193 g/mol. The molecule has 0 saturated carbocycles. The van der Waals surface area contributed by atoms with Crippen LogP contribution in [0.3, 0.4) is 0 Å². The minimum absolute atomic E-state index is 0.169. The zero-order valence-electron chi connectivity index (χ0n) is 8.15. The largest absolute Gasteiger partial charge is 0.375 e. The summed E-state index contributed by atoms with van der Waals surface area (Å²) in [5.74, 6) is 0. The molecule has 0 aromatic heterocycles. The predicted octanol–water partition coefficient (Wildman–Crippen LogP) is 1.80. The molecule has 1 N–H and O–H groups in total. The van der Waals surface area contributed by atoms with Gasteiger partial charge in [-0.25, -0.2) is 8.78 Å². The Kier molecular flexibility index (Phi) is 3.62. The average Bonchev–Trinajstić information content (AvgIpc) is 1.99. The highest BCUT2D eigenvalue weighted by Crippen LogP contribution is 2.23. The van der Waals surface area contributed by atoms with Crippen LogP contribution in [0, 0.1) is 0 Å². The molecule has 0 amide bonds. The molecule has 1 rings (SSSR count). The van der Waals surface area contributed by atoms with Gasteiger partial charge in [0.2, 0.25) is 0 Å². The maximum atomic E-state index is 11.9. The van der Waals surface area contributed by atoms with Crippen LogP contribution in [0.2, 0.25) is 0 Å². The first kappa shape index (κ1) is 10.9. The molecule has 0 bridgehead atoms. The van der Waals surface area contributed by atoms with Gasteiger partial charge in [0.15, 0.2) is 0 Å². The number of halogens is 2. The van der Waals surface area contributed by atoms with Gasteiger partial charge in [-0.2, -0.15) is 0 Å². The van der Waals surface area contributed by atoms with Gasteiger partial charge in [-0.1, -0.05) is 0 Å². The summed E-state index contributed by atoms with van der Waals surface area (Å²) in [4.78, 5) is 0. The third-order valence-corrected chi connectivity index (χ3v) is 2.26. The maximum Gasteiger partial charge on any atom is 0.250 e. The van der Waals surface area contributed by atoms with Crippen molar-refractivity contribution in [3.8, 4) is 0 Å². The van der Waals surface area contributed by atoms with Crippen molar-refractivity contribution in [1.82, 2.24) is 5.32 Å². The van der Waals surface area contributed by atoms with Crippen LogP contribution < -0.4 is 5.32 Å². The molecule has 0 aliphatic carbocycles. The van der Waals surface area contributed by atoms with Gasteiger partial charge in [-0.3, -0.25) is 0 Å². The molecular weight excluding hydrogens is 176 g/mol. The van der Waals surface area contributed by atoms with E-state index in [-0.39, 0.29) is 18.2 Å². The van der Waals surface area contributed by atoms with Crippen molar-refractivity contribution in [2.45, 2.75) is 44.8 Å². The Morgan fingerprint density at radius 3 is 2.77 bits per heavy atom. The topological polar surface area (TPSA) is 21.3 Å². The van der Waals surface area contributed by atoms with E-state index in [1.807, 2.05) is 13.8 Å². The van der Waals surface area contributed by atoms with Crippen molar-refractivity contribution in [2.24, 2.45) is 0 Å². The van der Waals surface area contributed by atoms with E-state index in [1.165, 1.54) is 0 Å². The quantitative estimate of drug-likeness (QED) is 0.738. The highest BCUT2D eigenvalue weighted by molar-refractivity contribution is 4.82. The number of ether oxygens (including phenoxy) is 1. The molecule has 1 aliphatic rings. The van der Waals surface area contributed by atoms with Crippen LogP contribution in [0.4, 0.5) is 8.78 Å². The van der Waals surface area contributed by atoms with Gasteiger partial charge in [-0.05, 0) is 26.7 Å². The smallest absolute Gasteiger partial charge is 0.250 e. The van der Waals surface area contributed by atoms with Gasteiger partial charge in [0.25, 0.3) is 6.43 Å². The van der Waals surface area contributed by atoms with Gasteiger partial charge in [0, 0.05) is 12.6 Å². The molecule has 0 aromatic rings. The third-order valence-electron chi connectivity index (χ3n) is 2.26. The fourth-order valence-electron chi connectivity index (χ4n) is 1.66. The molecule has 78 valence electrons. The van der Waals surface area contributed by atoms with Crippen molar-refractivity contribution in [2.75, 3.05) is 13.2 Å². The molecule has 0 aromatic carbocycles. The van der Waals surface area contributed by atoms with Crippen LogP contribution in [-0.2, 0) is 4.74 Å². The standard InChI is InChI=1S/C9H17F2NO/c1-9(2)5-7(3-4-13-9)12-6-8(10)11/h7-8,12H,3-6H2,1-2H3. The molecule has 2 nitrogen and oxygen atoms in total. The first-order valence-corrected chi connectivity index (χ1v) is 4.65. The molecule has 13 heavy (non-hydrogen) atoms. The van der Waals surface area contributed by atoms with E-state index in [0.717, 1.165) is 12.8 Å². The van der Waals surface area contributed by atoms with Crippen LogP contribution in [-0.4, -0.2) is 31.2 Å². The van der Waals surface area contributed by atoms with E-state index >= 15 is 0 Å². The SMILES string of the molecule is CC1(C)CC(NCC(F)F)CCO1. The summed E-state index contributed by atoms with van der Waals surface area (Å²) in [6.07, 6.45) is -0.624. The second-order valence-electron chi connectivity index (χ2n) is 4.10. The minimum Gasteiger partial charge on any atom is -0.375 e. The van der Waals surface area contributed by atoms with Crippen LogP contribution in [0.15, 0.2) is 0 Å². The Labute approximate surface area is 77.6 Å². The molecule has 0 spiro atoms. The van der Waals surface area contributed by atoms with E-state index in [9.17, 15) is 8.78 Å². The first-order valence-electron chi connectivity index (χ1n) is 4.65. The fourth-order valence-corrected chi connectivity index (χ4v) is 1.66. The van der Waals surface area contributed by atoms with E-state index < -0.39 is 6.43 Å². The van der Waals surface area contributed by atoms with Crippen molar-refractivity contribution < 1.29 is 13.5 Å². The van der Waals surface area contributed by atoms with Gasteiger partial charge in [0.1, 0.15) is 0 Å². The highest BCUT2D eigenvalue weighted by Gasteiger charge is 2.28.